The minimum absolute atomic E-state index is 0.190. The van der Waals surface area contributed by atoms with Crippen molar-refractivity contribution >= 4 is 34.5 Å². The zero-order chi connectivity index (χ0) is 12.3. The Morgan fingerprint density at radius 1 is 1.41 bits per heavy atom. The molecule has 88 valence electrons. The number of carbonyl (C=O) groups is 2. The summed E-state index contributed by atoms with van der Waals surface area (Å²) in [5.74, 6) is -1.29. The zero-order valence-corrected chi connectivity index (χ0v) is 9.61. The van der Waals surface area contributed by atoms with Gasteiger partial charge in [0.05, 0.1) is 12.1 Å². The number of benzene rings is 1. The van der Waals surface area contributed by atoms with E-state index in [1.54, 1.807) is 0 Å². The van der Waals surface area contributed by atoms with Gasteiger partial charge in [-0.2, -0.15) is 0 Å². The molecule has 2 rings (SSSR count). The number of aliphatic imine (C=N–C) groups is 1. The van der Waals surface area contributed by atoms with Crippen LogP contribution in [0.25, 0.3) is 0 Å². The number of amidine groups is 1. The third-order valence-corrected chi connectivity index (χ3v) is 3.21. The van der Waals surface area contributed by atoms with Gasteiger partial charge in [-0.1, -0.05) is 30.0 Å². The van der Waals surface area contributed by atoms with Gasteiger partial charge in [0, 0.05) is 0 Å². The largest absolute Gasteiger partial charge is 0.481 e. The fraction of sp³-hybridized carbons (Fsp3) is 0.182. The number of nitrogens with zero attached hydrogens (tertiary/aromatic N) is 1. The van der Waals surface area contributed by atoms with E-state index in [1.807, 2.05) is 30.3 Å². The molecule has 0 radical (unpaired) electrons. The average molecular weight is 250 g/mol. The van der Waals surface area contributed by atoms with Crippen molar-refractivity contribution in [3.63, 3.8) is 0 Å². The summed E-state index contributed by atoms with van der Waals surface area (Å²) < 4.78 is 0. The summed E-state index contributed by atoms with van der Waals surface area (Å²) in [7, 11) is 0. The molecule has 6 heteroatoms. The number of amides is 1. The monoisotopic (exact) mass is 250 g/mol. The number of carbonyl (C=O) groups excluding carboxylic acids is 1. The maximum absolute atomic E-state index is 11.4. The highest BCUT2D eigenvalue weighted by molar-refractivity contribution is 8.15. The maximum atomic E-state index is 11.4. The van der Waals surface area contributed by atoms with Crippen LogP contribution in [0.5, 0.6) is 0 Å². The molecule has 1 aliphatic rings. The summed E-state index contributed by atoms with van der Waals surface area (Å²) >= 11 is 1.15. The number of rotatable bonds is 3. The lowest BCUT2D eigenvalue weighted by molar-refractivity contribution is -0.138. The predicted molar refractivity (Wildman–Crippen MR) is 65.3 cm³/mol. The Morgan fingerprint density at radius 3 is 2.76 bits per heavy atom. The second kappa shape index (κ2) is 5.01. The third kappa shape index (κ3) is 3.07. The van der Waals surface area contributed by atoms with Crippen molar-refractivity contribution in [1.82, 2.24) is 5.32 Å². The SMILES string of the molecule is O=C(O)C[C@@H]1SC(=Nc2ccccc2)NC1=O. The first-order valence-electron chi connectivity index (χ1n) is 4.98. The van der Waals surface area contributed by atoms with Gasteiger partial charge in [-0.3, -0.25) is 9.59 Å². The molecular formula is C11H10N2O3S. The van der Waals surface area contributed by atoms with Crippen LogP contribution in [0.1, 0.15) is 6.42 Å². The Balaban J connectivity index is 2.08. The molecule has 0 unspecified atom stereocenters. The molecule has 1 aromatic carbocycles. The van der Waals surface area contributed by atoms with Crippen LogP contribution in [-0.4, -0.2) is 27.4 Å². The lowest BCUT2D eigenvalue weighted by Gasteiger charge is -1.98. The number of carboxylic acid groups (broad SMARTS) is 1. The Morgan fingerprint density at radius 2 is 2.12 bits per heavy atom. The van der Waals surface area contributed by atoms with Crippen molar-refractivity contribution < 1.29 is 14.7 Å². The normalized spacial score (nSPS) is 21.5. The summed E-state index contributed by atoms with van der Waals surface area (Å²) in [4.78, 5) is 26.2. The van der Waals surface area contributed by atoms with Crippen LogP contribution >= 0.6 is 11.8 Å². The lowest BCUT2D eigenvalue weighted by atomic mass is 10.3. The Kier molecular flexibility index (Phi) is 3.43. The molecule has 1 saturated heterocycles. The lowest BCUT2D eigenvalue weighted by Crippen LogP contribution is -2.26. The van der Waals surface area contributed by atoms with E-state index in [1.165, 1.54) is 0 Å². The van der Waals surface area contributed by atoms with Crippen LogP contribution in [0.4, 0.5) is 5.69 Å². The van der Waals surface area contributed by atoms with Crippen molar-refractivity contribution in [3.8, 4) is 0 Å². The fourth-order valence-corrected chi connectivity index (χ4v) is 2.35. The van der Waals surface area contributed by atoms with E-state index in [9.17, 15) is 9.59 Å². The van der Waals surface area contributed by atoms with Gasteiger partial charge in [0.2, 0.25) is 5.91 Å². The highest BCUT2D eigenvalue weighted by Crippen LogP contribution is 2.24. The molecule has 0 bridgehead atoms. The molecule has 0 spiro atoms. The Labute approximate surface area is 102 Å². The quantitative estimate of drug-likeness (QED) is 0.849. The van der Waals surface area contributed by atoms with Gasteiger partial charge in [0.1, 0.15) is 5.25 Å². The number of thioether (sulfide) groups is 1. The minimum atomic E-state index is -0.987. The van der Waals surface area contributed by atoms with Crippen LogP contribution < -0.4 is 5.32 Å². The summed E-state index contributed by atoms with van der Waals surface area (Å²) in [5.41, 5.74) is 0.728. The fourth-order valence-electron chi connectivity index (χ4n) is 1.37. The van der Waals surface area contributed by atoms with Gasteiger partial charge in [0.15, 0.2) is 5.17 Å². The maximum Gasteiger partial charge on any atom is 0.305 e. The standard InChI is InChI=1S/C11H10N2O3S/c14-9(15)6-8-10(16)13-11(17-8)12-7-4-2-1-3-5-7/h1-5,8H,6H2,(H,14,15)(H,12,13,16)/t8-/m0/s1. The van der Waals surface area contributed by atoms with Gasteiger partial charge in [-0.05, 0) is 12.1 Å². The van der Waals surface area contributed by atoms with Crippen LogP contribution in [0.3, 0.4) is 0 Å². The number of aliphatic carboxylic acids is 1. The van der Waals surface area contributed by atoms with E-state index in [-0.39, 0.29) is 12.3 Å². The molecule has 1 aliphatic heterocycles. The van der Waals surface area contributed by atoms with Gasteiger partial charge in [-0.15, -0.1) is 0 Å². The second-order valence-electron chi connectivity index (χ2n) is 3.45. The van der Waals surface area contributed by atoms with Crippen molar-refractivity contribution in [1.29, 1.82) is 0 Å². The molecule has 1 heterocycles. The van der Waals surface area contributed by atoms with Crippen molar-refractivity contribution in [2.45, 2.75) is 11.7 Å². The molecule has 2 N–H and O–H groups in total. The molecule has 0 aliphatic carbocycles. The average Bonchev–Trinajstić information content (AvgIpc) is 2.59. The summed E-state index contributed by atoms with van der Waals surface area (Å²) in [6.45, 7) is 0. The highest BCUT2D eigenvalue weighted by Gasteiger charge is 2.31. The molecule has 17 heavy (non-hydrogen) atoms. The van der Waals surface area contributed by atoms with Gasteiger partial charge < -0.3 is 10.4 Å². The Bertz CT molecular complexity index is 473. The number of hydrogen-bond donors (Lipinski definition) is 2. The number of carboxylic acids is 1. The number of hydrogen-bond acceptors (Lipinski definition) is 4. The first-order valence-corrected chi connectivity index (χ1v) is 5.86. The highest BCUT2D eigenvalue weighted by atomic mass is 32.2. The van der Waals surface area contributed by atoms with Crippen molar-refractivity contribution in [3.05, 3.63) is 30.3 Å². The second-order valence-corrected chi connectivity index (χ2v) is 4.64. The van der Waals surface area contributed by atoms with E-state index in [0.717, 1.165) is 17.4 Å². The molecule has 1 atom stereocenters. The van der Waals surface area contributed by atoms with Crippen LogP contribution in [0, 0.1) is 0 Å². The van der Waals surface area contributed by atoms with Gasteiger partial charge in [0.25, 0.3) is 0 Å². The van der Waals surface area contributed by atoms with E-state index in [0.29, 0.717) is 5.17 Å². The molecule has 0 aromatic heterocycles. The minimum Gasteiger partial charge on any atom is -0.481 e. The summed E-state index contributed by atoms with van der Waals surface area (Å²) in [5, 5.41) is 11.1. The van der Waals surface area contributed by atoms with Gasteiger partial charge >= 0.3 is 5.97 Å². The molecule has 1 fully saturated rings. The van der Waals surface area contributed by atoms with Crippen LogP contribution in [0.15, 0.2) is 35.3 Å². The van der Waals surface area contributed by atoms with E-state index < -0.39 is 11.2 Å². The van der Waals surface area contributed by atoms with E-state index in [4.69, 9.17) is 5.11 Å². The number of para-hydroxylation sites is 1. The van der Waals surface area contributed by atoms with Crippen LogP contribution in [0.2, 0.25) is 0 Å². The van der Waals surface area contributed by atoms with Crippen LogP contribution in [-0.2, 0) is 9.59 Å². The summed E-state index contributed by atoms with van der Waals surface area (Å²) in [6, 6.07) is 9.18. The number of nitrogens with one attached hydrogen (secondary N) is 1. The molecule has 1 amide bonds. The predicted octanol–water partition coefficient (Wildman–Crippen LogP) is 1.38. The Hall–Kier alpha value is -1.82. The van der Waals surface area contributed by atoms with Crippen molar-refractivity contribution in [2.75, 3.05) is 0 Å². The topological polar surface area (TPSA) is 78.8 Å². The molecule has 0 saturated carbocycles. The third-order valence-electron chi connectivity index (χ3n) is 2.12. The van der Waals surface area contributed by atoms with E-state index in [2.05, 4.69) is 10.3 Å². The first-order chi connectivity index (χ1) is 8.15. The molecular weight excluding hydrogens is 240 g/mol. The van der Waals surface area contributed by atoms with Crippen molar-refractivity contribution in [2.24, 2.45) is 4.99 Å². The van der Waals surface area contributed by atoms with Gasteiger partial charge in [-0.25, -0.2) is 4.99 Å². The molecule has 1 aromatic rings. The first kappa shape index (κ1) is 11.7. The summed E-state index contributed by atoms with van der Waals surface area (Å²) in [6.07, 6.45) is -0.190. The van der Waals surface area contributed by atoms with E-state index >= 15 is 0 Å². The zero-order valence-electron chi connectivity index (χ0n) is 8.79. The molecule has 5 nitrogen and oxygen atoms in total. The smallest absolute Gasteiger partial charge is 0.305 e.